The predicted octanol–water partition coefficient (Wildman–Crippen LogP) is 3.14. The molecular weight excluding hydrogens is 310 g/mol. The largest absolute Gasteiger partial charge is 0.362 e. The maximum atomic E-state index is 12.9. The normalized spacial score (nSPS) is 24.2. The van der Waals surface area contributed by atoms with Gasteiger partial charge in [-0.3, -0.25) is 4.79 Å². The molecule has 25 heavy (non-hydrogen) atoms. The number of hydrogen-bond donors (Lipinski definition) is 1. The van der Waals surface area contributed by atoms with E-state index in [4.69, 9.17) is 0 Å². The number of likely N-dealkylation sites (N-methyl/N-ethyl adjacent to an activating group) is 1. The third-order valence-electron chi connectivity index (χ3n) is 5.56. The first-order valence-corrected chi connectivity index (χ1v) is 8.98. The van der Waals surface area contributed by atoms with Gasteiger partial charge in [0.1, 0.15) is 0 Å². The van der Waals surface area contributed by atoms with Gasteiger partial charge in [-0.15, -0.1) is 0 Å². The molecule has 3 aliphatic heterocycles. The van der Waals surface area contributed by atoms with Gasteiger partial charge in [-0.1, -0.05) is 25.3 Å². The van der Waals surface area contributed by atoms with Crippen LogP contribution in [0.3, 0.4) is 0 Å². The first kappa shape index (κ1) is 16.2. The van der Waals surface area contributed by atoms with Crippen LogP contribution in [-0.4, -0.2) is 41.9 Å². The third-order valence-corrected chi connectivity index (χ3v) is 5.56. The highest BCUT2D eigenvalue weighted by atomic mass is 16.2. The summed E-state index contributed by atoms with van der Waals surface area (Å²) in [5.41, 5.74) is 6.51. The molecule has 0 bridgehead atoms. The van der Waals surface area contributed by atoms with Crippen molar-refractivity contribution < 1.29 is 4.79 Å². The molecular formula is C21H25N3O. The molecule has 1 saturated heterocycles. The maximum absolute atomic E-state index is 12.9. The standard InChI is InChI=1S/C21H25N3O/c1-14-4-7-20(15(2)22-14)24-13-18-12-17(5-6-19(18)21(24)25)16-8-10-23(3)11-9-16/h5-6,8,12,20,22H,1-2,4,7,9-11,13H2,3H3. The summed E-state index contributed by atoms with van der Waals surface area (Å²) < 4.78 is 0. The Kier molecular flexibility index (Phi) is 4.00. The molecule has 130 valence electrons. The van der Waals surface area contributed by atoms with Crippen molar-refractivity contribution in [2.45, 2.75) is 31.8 Å². The van der Waals surface area contributed by atoms with Gasteiger partial charge in [0.05, 0.1) is 6.04 Å². The zero-order chi connectivity index (χ0) is 17.6. The van der Waals surface area contributed by atoms with Crippen LogP contribution in [0.4, 0.5) is 0 Å². The molecule has 0 spiro atoms. The van der Waals surface area contributed by atoms with Crippen LogP contribution >= 0.6 is 0 Å². The van der Waals surface area contributed by atoms with Gasteiger partial charge in [-0.2, -0.15) is 0 Å². The Morgan fingerprint density at radius 3 is 2.80 bits per heavy atom. The van der Waals surface area contributed by atoms with Crippen LogP contribution in [-0.2, 0) is 6.54 Å². The van der Waals surface area contributed by atoms with Crippen LogP contribution in [0.15, 0.2) is 48.8 Å². The summed E-state index contributed by atoms with van der Waals surface area (Å²) in [4.78, 5) is 17.1. The lowest BCUT2D eigenvalue weighted by Crippen LogP contribution is -2.43. The Labute approximate surface area is 149 Å². The Morgan fingerprint density at radius 1 is 1.24 bits per heavy atom. The number of carbonyl (C=O) groups is 1. The molecule has 3 heterocycles. The fraction of sp³-hybridized carbons (Fsp3) is 0.381. The first-order valence-electron chi connectivity index (χ1n) is 8.98. The van der Waals surface area contributed by atoms with Gasteiger partial charge in [-0.05, 0) is 55.1 Å². The molecule has 0 saturated carbocycles. The average Bonchev–Trinajstić information content (AvgIpc) is 2.92. The van der Waals surface area contributed by atoms with E-state index in [-0.39, 0.29) is 11.9 Å². The molecule has 0 aromatic heterocycles. The smallest absolute Gasteiger partial charge is 0.255 e. The van der Waals surface area contributed by atoms with Crippen LogP contribution in [0, 0.1) is 0 Å². The van der Waals surface area contributed by atoms with Crippen LogP contribution < -0.4 is 5.32 Å². The quantitative estimate of drug-likeness (QED) is 0.902. The number of piperidine rings is 1. The highest BCUT2D eigenvalue weighted by molar-refractivity contribution is 5.99. The molecule has 4 heteroatoms. The molecule has 1 N–H and O–H groups in total. The molecule has 4 rings (SSSR count). The van der Waals surface area contributed by atoms with E-state index in [1.54, 1.807) is 0 Å². The maximum Gasteiger partial charge on any atom is 0.255 e. The number of allylic oxidation sites excluding steroid dienone is 1. The van der Waals surface area contributed by atoms with Crippen molar-refractivity contribution in [1.82, 2.24) is 15.1 Å². The third kappa shape index (κ3) is 2.91. The Balaban J connectivity index is 1.57. The fourth-order valence-electron chi connectivity index (χ4n) is 4.03. The van der Waals surface area contributed by atoms with Crippen LogP contribution in [0.1, 0.15) is 40.7 Å². The summed E-state index contributed by atoms with van der Waals surface area (Å²) in [5.74, 6) is 0.124. The number of nitrogens with zero attached hydrogens (tertiary/aromatic N) is 2. The monoisotopic (exact) mass is 335 g/mol. The van der Waals surface area contributed by atoms with Gasteiger partial charge in [0.15, 0.2) is 0 Å². The van der Waals surface area contributed by atoms with E-state index >= 15 is 0 Å². The van der Waals surface area contributed by atoms with Gasteiger partial charge in [0.25, 0.3) is 5.91 Å². The first-order chi connectivity index (χ1) is 12.0. The summed E-state index contributed by atoms with van der Waals surface area (Å²) in [6.45, 7) is 10.8. The van der Waals surface area contributed by atoms with Crippen LogP contribution in [0.25, 0.3) is 5.57 Å². The molecule has 4 nitrogen and oxygen atoms in total. The number of amides is 1. The van der Waals surface area contributed by atoms with Gasteiger partial charge >= 0.3 is 0 Å². The van der Waals surface area contributed by atoms with Crippen LogP contribution in [0.5, 0.6) is 0 Å². The van der Waals surface area contributed by atoms with Gasteiger partial charge in [0, 0.05) is 36.6 Å². The highest BCUT2D eigenvalue weighted by Gasteiger charge is 2.35. The van der Waals surface area contributed by atoms with E-state index in [0.29, 0.717) is 6.54 Å². The van der Waals surface area contributed by atoms with E-state index in [2.05, 4.69) is 48.6 Å². The minimum atomic E-state index is 0.0522. The minimum Gasteiger partial charge on any atom is -0.362 e. The van der Waals surface area contributed by atoms with Crippen molar-refractivity contribution in [3.63, 3.8) is 0 Å². The number of fused-ring (bicyclic) bond motifs is 1. The molecule has 0 radical (unpaired) electrons. The van der Waals surface area contributed by atoms with E-state index in [1.165, 1.54) is 11.1 Å². The number of hydrogen-bond acceptors (Lipinski definition) is 3. The SMILES string of the molecule is C=C1CCC(N2Cc3cc(C4=CCN(C)CC4)ccc3C2=O)C(=C)N1. The lowest BCUT2D eigenvalue weighted by atomic mass is 9.96. The van der Waals surface area contributed by atoms with Gasteiger partial charge in [0.2, 0.25) is 0 Å². The zero-order valence-corrected chi connectivity index (χ0v) is 14.8. The summed E-state index contributed by atoms with van der Waals surface area (Å²) in [7, 11) is 2.15. The lowest BCUT2D eigenvalue weighted by molar-refractivity contribution is 0.0711. The molecule has 1 aromatic rings. The topological polar surface area (TPSA) is 35.6 Å². The van der Waals surface area contributed by atoms with E-state index in [0.717, 1.165) is 54.9 Å². The Morgan fingerprint density at radius 2 is 2.08 bits per heavy atom. The number of carbonyl (C=O) groups excluding carboxylic acids is 1. The number of nitrogens with one attached hydrogen (secondary N) is 1. The molecule has 0 aliphatic carbocycles. The van der Waals surface area contributed by atoms with Crippen molar-refractivity contribution in [3.05, 3.63) is 65.5 Å². The average molecular weight is 335 g/mol. The second-order valence-electron chi connectivity index (χ2n) is 7.35. The van der Waals surface area contributed by atoms with Crippen molar-refractivity contribution in [2.75, 3.05) is 20.1 Å². The Hall–Kier alpha value is -2.33. The lowest BCUT2D eigenvalue weighted by Gasteiger charge is -2.34. The molecule has 1 fully saturated rings. The van der Waals surface area contributed by atoms with E-state index < -0.39 is 0 Å². The summed E-state index contributed by atoms with van der Waals surface area (Å²) in [6, 6.07) is 6.37. The second kappa shape index (κ2) is 6.19. The van der Waals surface area contributed by atoms with Crippen LogP contribution in [0.2, 0.25) is 0 Å². The summed E-state index contributed by atoms with van der Waals surface area (Å²) >= 11 is 0. The summed E-state index contributed by atoms with van der Waals surface area (Å²) in [6.07, 6.45) is 5.15. The van der Waals surface area contributed by atoms with Gasteiger partial charge in [-0.25, -0.2) is 0 Å². The van der Waals surface area contributed by atoms with Crippen molar-refractivity contribution in [1.29, 1.82) is 0 Å². The Bertz CT molecular complexity index is 792. The molecule has 1 unspecified atom stereocenters. The van der Waals surface area contributed by atoms with Crippen molar-refractivity contribution >= 4 is 11.5 Å². The molecule has 1 aromatic carbocycles. The fourth-order valence-corrected chi connectivity index (χ4v) is 4.03. The van der Waals surface area contributed by atoms with Crippen molar-refractivity contribution in [2.24, 2.45) is 0 Å². The molecule has 1 atom stereocenters. The highest BCUT2D eigenvalue weighted by Crippen LogP contribution is 2.33. The predicted molar refractivity (Wildman–Crippen MR) is 101 cm³/mol. The number of rotatable bonds is 2. The minimum absolute atomic E-state index is 0.0522. The van der Waals surface area contributed by atoms with E-state index in [1.807, 2.05) is 11.0 Å². The molecule has 3 aliphatic rings. The molecule has 1 amide bonds. The zero-order valence-electron chi connectivity index (χ0n) is 14.8. The second-order valence-corrected chi connectivity index (χ2v) is 7.35. The summed E-state index contributed by atoms with van der Waals surface area (Å²) in [5, 5.41) is 3.22. The number of benzene rings is 1. The van der Waals surface area contributed by atoms with E-state index in [9.17, 15) is 4.79 Å². The van der Waals surface area contributed by atoms with Crippen molar-refractivity contribution in [3.8, 4) is 0 Å². The van der Waals surface area contributed by atoms with Gasteiger partial charge < -0.3 is 15.1 Å².